The molecule has 4 fully saturated rings. The molecule has 3 nitrogen and oxygen atoms in total. The molecule has 0 aliphatic heterocycles. The fourth-order valence-corrected chi connectivity index (χ4v) is 8.34. The summed E-state index contributed by atoms with van der Waals surface area (Å²) in [7, 11) is 0. The molecule has 4 aliphatic carbocycles. The van der Waals surface area contributed by atoms with E-state index < -0.39 is 5.60 Å². The molecule has 0 bridgehead atoms. The summed E-state index contributed by atoms with van der Waals surface area (Å²) in [4.78, 5) is 10.8. The van der Waals surface area contributed by atoms with Crippen molar-refractivity contribution in [3.05, 3.63) is 35.9 Å². The molecule has 31 heavy (non-hydrogen) atoms. The van der Waals surface area contributed by atoms with Gasteiger partial charge in [0.05, 0.1) is 0 Å². The highest BCUT2D eigenvalue weighted by Crippen LogP contribution is 2.68. The van der Waals surface area contributed by atoms with E-state index in [1.54, 1.807) is 0 Å². The summed E-state index contributed by atoms with van der Waals surface area (Å²) in [6.45, 7) is 5.48. The van der Waals surface area contributed by atoms with E-state index in [4.69, 9.17) is 4.74 Å². The third-order valence-electron chi connectivity index (χ3n) is 10.2. The van der Waals surface area contributed by atoms with Crippen molar-refractivity contribution in [2.75, 3.05) is 0 Å². The number of benzene rings is 1. The van der Waals surface area contributed by atoms with E-state index in [9.17, 15) is 9.90 Å². The van der Waals surface area contributed by atoms with Crippen LogP contribution in [-0.2, 0) is 9.53 Å². The molecule has 1 N–H and O–H groups in total. The monoisotopic (exact) mass is 420 g/mol. The van der Waals surface area contributed by atoms with Crippen LogP contribution in [0, 0.1) is 46.3 Å². The number of carbonyl (C=O) groups is 1. The quantitative estimate of drug-likeness (QED) is 0.518. The Morgan fingerprint density at radius 3 is 2.55 bits per heavy atom. The average Bonchev–Trinajstić information content (AvgIpc) is 3.05. The Balaban J connectivity index is 1.38. The molecule has 0 saturated heterocycles. The van der Waals surface area contributed by atoms with Crippen LogP contribution in [0.3, 0.4) is 0 Å². The highest BCUT2D eigenvalue weighted by Gasteiger charge is 2.64. The largest absolute Gasteiger partial charge is 0.465 e. The van der Waals surface area contributed by atoms with Gasteiger partial charge in [-0.1, -0.05) is 43.9 Å². The minimum Gasteiger partial charge on any atom is -0.465 e. The van der Waals surface area contributed by atoms with Gasteiger partial charge in [0, 0.05) is 11.0 Å². The minimum absolute atomic E-state index is 0.114. The lowest BCUT2D eigenvalue weighted by Crippen LogP contribution is -2.56. The average molecular weight is 421 g/mol. The van der Waals surface area contributed by atoms with Crippen molar-refractivity contribution in [1.29, 1.82) is 0 Å². The fourth-order valence-electron chi connectivity index (χ4n) is 8.34. The highest BCUT2D eigenvalue weighted by molar-refractivity contribution is 5.38. The third kappa shape index (κ3) is 3.25. The molecule has 3 heteroatoms. The van der Waals surface area contributed by atoms with Crippen LogP contribution in [0.25, 0.3) is 0 Å². The topological polar surface area (TPSA) is 46.5 Å². The Bertz CT molecular complexity index is 885. The van der Waals surface area contributed by atoms with Crippen molar-refractivity contribution in [2.45, 2.75) is 83.3 Å². The van der Waals surface area contributed by atoms with Gasteiger partial charge in [-0.3, -0.25) is 4.79 Å². The molecule has 4 aliphatic rings. The van der Waals surface area contributed by atoms with Crippen LogP contribution in [0.5, 0.6) is 0 Å². The zero-order valence-electron chi connectivity index (χ0n) is 19.0. The lowest BCUT2D eigenvalue weighted by molar-refractivity contribution is -0.156. The Kier molecular flexibility index (Phi) is 5.21. The van der Waals surface area contributed by atoms with Crippen LogP contribution < -0.4 is 0 Å². The SMILES string of the molecule is C[C@]12CC[C@H](OC=O)C[C@@H]1CC[C@H]1[C@H]3CC[C@@](O)(C#Cc4ccccc4)[C@]3(C)CC[C@@H]12. The van der Waals surface area contributed by atoms with E-state index in [0.717, 1.165) is 43.6 Å². The first-order valence-electron chi connectivity index (χ1n) is 12.3. The van der Waals surface area contributed by atoms with Crippen molar-refractivity contribution in [3.63, 3.8) is 0 Å². The Morgan fingerprint density at radius 2 is 1.77 bits per heavy atom. The second-order valence-electron chi connectivity index (χ2n) is 11.3. The molecule has 0 heterocycles. The number of ether oxygens (including phenoxy) is 1. The van der Waals surface area contributed by atoms with Crippen molar-refractivity contribution >= 4 is 6.47 Å². The van der Waals surface area contributed by atoms with E-state index >= 15 is 0 Å². The first kappa shape index (κ1) is 21.1. The van der Waals surface area contributed by atoms with Gasteiger partial charge >= 0.3 is 0 Å². The molecule has 0 radical (unpaired) electrons. The summed E-state index contributed by atoms with van der Waals surface area (Å²) in [6, 6.07) is 10.1. The second-order valence-corrected chi connectivity index (χ2v) is 11.3. The van der Waals surface area contributed by atoms with Gasteiger partial charge in [0.25, 0.3) is 6.47 Å². The molecule has 8 atom stereocenters. The molecule has 0 unspecified atom stereocenters. The maximum atomic E-state index is 11.8. The lowest BCUT2D eigenvalue weighted by Gasteiger charge is -2.61. The van der Waals surface area contributed by atoms with E-state index in [-0.39, 0.29) is 11.5 Å². The number of hydrogen-bond donors (Lipinski definition) is 1. The zero-order valence-corrected chi connectivity index (χ0v) is 19.0. The highest BCUT2D eigenvalue weighted by atomic mass is 16.5. The summed E-state index contributed by atoms with van der Waals surface area (Å²) in [6.07, 6.45) is 9.95. The predicted octanol–water partition coefficient (Wildman–Crippen LogP) is 5.35. The van der Waals surface area contributed by atoms with E-state index in [1.165, 1.54) is 25.7 Å². The first-order valence-corrected chi connectivity index (χ1v) is 12.3. The van der Waals surface area contributed by atoms with Crippen LogP contribution >= 0.6 is 0 Å². The van der Waals surface area contributed by atoms with Gasteiger partial charge < -0.3 is 9.84 Å². The van der Waals surface area contributed by atoms with E-state index in [2.05, 4.69) is 25.7 Å². The van der Waals surface area contributed by atoms with E-state index in [0.29, 0.717) is 29.6 Å². The summed E-state index contributed by atoms with van der Waals surface area (Å²) in [5.74, 6) is 9.27. The van der Waals surface area contributed by atoms with Gasteiger partial charge in [-0.25, -0.2) is 0 Å². The van der Waals surface area contributed by atoms with Crippen LogP contribution in [0.4, 0.5) is 0 Å². The molecule has 166 valence electrons. The fraction of sp³-hybridized carbons (Fsp3) is 0.679. The smallest absolute Gasteiger partial charge is 0.293 e. The number of carbonyl (C=O) groups excluding carboxylic acids is 1. The number of hydrogen-bond acceptors (Lipinski definition) is 3. The molecule has 1 aromatic carbocycles. The summed E-state index contributed by atoms with van der Waals surface area (Å²) < 4.78 is 5.36. The van der Waals surface area contributed by atoms with Crippen LogP contribution in [0.1, 0.15) is 77.2 Å². The first-order chi connectivity index (χ1) is 14.9. The van der Waals surface area contributed by atoms with Crippen LogP contribution in [-0.4, -0.2) is 23.3 Å². The second kappa shape index (κ2) is 7.66. The van der Waals surface area contributed by atoms with Gasteiger partial charge in [-0.2, -0.15) is 0 Å². The molecule has 1 aromatic rings. The minimum atomic E-state index is -0.883. The number of rotatable bonds is 2. The van der Waals surface area contributed by atoms with Gasteiger partial charge in [-0.15, -0.1) is 0 Å². The van der Waals surface area contributed by atoms with Gasteiger partial charge in [-0.05, 0) is 99.0 Å². The summed E-state index contributed by atoms with van der Waals surface area (Å²) in [5, 5.41) is 11.8. The molecule has 5 rings (SSSR count). The maximum absolute atomic E-state index is 11.8. The van der Waals surface area contributed by atoms with Gasteiger partial charge in [0.15, 0.2) is 0 Å². The van der Waals surface area contributed by atoms with Crippen molar-refractivity contribution < 1.29 is 14.6 Å². The Hall–Kier alpha value is -1.79. The van der Waals surface area contributed by atoms with Crippen LogP contribution in [0.15, 0.2) is 30.3 Å². The molecule has 0 amide bonds. The molecule has 4 saturated carbocycles. The van der Waals surface area contributed by atoms with Crippen molar-refractivity contribution in [2.24, 2.45) is 34.5 Å². The third-order valence-corrected chi connectivity index (χ3v) is 10.2. The van der Waals surface area contributed by atoms with Crippen LogP contribution in [0.2, 0.25) is 0 Å². The lowest BCUT2D eigenvalue weighted by atomic mass is 9.44. The van der Waals surface area contributed by atoms with Crippen molar-refractivity contribution in [3.8, 4) is 11.8 Å². The van der Waals surface area contributed by atoms with Gasteiger partial charge in [0.2, 0.25) is 0 Å². The van der Waals surface area contributed by atoms with E-state index in [1.807, 2.05) is 30.3 Å². The Morgan fingerprint density at radius 1 is 1.00 bits per heavy atom. The number of aliphatic hydroxyl groups is 1. The van der Waals surface area contributed by atoms with Gasteiger partial charge in [0.1, 0.15) is 11.7 Å². The molecular weight excluding hydrogens is 384 g/mol. The predicted molar refractivity (Wildman–Crippen MR) is 121 cm³/mol. The number of fused-ring (bicyclic) bond motifs is 5. The normalized spacial score (nSPS) is 46.0. The van der Waals surface area contributed by atoms with Crippen molar-refractivity contribution in [1.82, 2.24) is 0 Å². The molecular formula is C28H36O3. The summed E-state index contributed by atoms with van der Waals surface area (Å²) in [5.41, 5.74) is 0.338. The zero-order chi connectivity index (χ0) is 21.7. The standard InChI is InChI=1S/C28H36O3/c1-26-14-11-22(31-19-29)18-21(26)8-9-23-24(26)12-15-27(2)25(23)13-17-28(27,30)16-10-20-6-4-3-5-7-20/h3-7,19,21-25,30H,8-9,11-15,17-18H2,1-2H3/t21-,22-,23+,24-,25+,26-,27+,28-/m0/s1. The maximum Gasteiger partial charge on any atom is 0.293 e. The molecule has 0 aromatic heterocycles. The molecule has 0 spiro atoms. The Labute approximate surface area is 187 Å². The summed E-state index contributed by atoms with van der Waals surface area (Å²) >= 11 is 0.